The third-order valence-electron chi connectivity index (χ3n) is 3.12. The topological polar surface area (TPSA) is 84.9 Å². The monoisotopic (exact) mass is 293 g/mol. The molecule has 6 heteroatoms. The van der Waals surface area contributed by atoms with Gasteiger partial charge in [-0.3, -0.25) is 4.79 Å². The van der Waals surface area contributed by atoms with Crippen LogP contribution in [-0.2, 0) is 20.9 Å². The number of ether oxygens (including phenoxy) is 2. The number of benzene rings is 1. The fraction of sp³-hybridized carbons (Fsp3) is 0.467. The van der Waals surface area contributed by atoms with Crippen molar-refractivity contribution >= 4 is 17.6 Å². The van der Waals surface area contributed by atoms with E-state index < -0.39 is 5.97 Å². The third kappa shape index (κ3) is 5.17. The fourth-order valence-electron chi connectivity index (χ4n) is 1.94. The first-order valence-corrected chi connectivity index (χ1v) is 6.82. The molecule has 2 N–H and O–H groups in total. The first kappa shape index (κ1) is 15.5. The maximum atomic E-state index is 11.7. The Morgan fingerprint density at radius 3 is 2.71 bits per heavy atom. The SMILES string of the molecule is COCc1cc(NC(=O)COCC2CC2)cc(C(=O)O)c1. The van der Waals surface area contributed by atoms with Crippen LogP contribution >= 0.6 is 0 Å². The molecule has 2 rings (SSSR count). The molecule has 6 nitrogen and oxygen atoms in total. The summed E-state index contributed by atoms with van der Waals surface area (Å²) >= 11 is 0. The quantitative estimate of drug-likeness (QED) is 0.764. The van der Waals surface area contributed by atoms with Crippen LogP contribution in [0.3, 0.4) is 0 Å². The van der Waals surface area contributed by atoms with Gasteiger partial charge < -0.3 is 19.9 Å². The number of carbonyl (C=O) groups excluding carboxylic acids is 1. The van der Waals surface area contributed by atoms with Gasteiger partial charge in [0.25, 0.3) is 0 Å². The average Bonchev–Trinajstić information content (AvgIpc) is 3.23. The van der Waals surface area contributed by atoms with Gasteiger partial charge in [-0.25, -0.2) is 4.79 Å². The van der Waals surface area contributed by atoms with Crippen molar-refractivity contribution in [1.29, 1.82) is 0 Å². The van der Waals surface area contributed by atoms with E-state index in [4.69, 9.17) is 14.6 Å². The number of rotatable bonds is 8. The maximum Gasteiger partial charge on any atom is 0.335 e. The lowest BCUT2D eigenvalue weighted by Crippen LogP contribution is -2.19. The smallest absolute Gasteiger partial charge is 0.335 e. The number of carboxylic acid groups (broad SMARTS) is 1. The normalized spacial score (nSPS) is 14.0. The number of hydrogen-bond donors (Lipinski definition) is 2. The summed E-state index contributed by atoms with van der Waals surface area (Å²) in [5.41, 5.74) is 1.23. The molecule has 1 saturated carbocycles. The molecule has 0 atom stereocenters. The van der Waals surface area contributed by atoms with Crippen LogP contribution < -0.4 is 5.32 Å². The van der Waals surface area contributed by atoms with Gasteiger partial charge in [0.15, 0.2) is 0 Å². The summed E-state index contributed by atoms with van der Waals surface area (Å²) in [7, 11) is 1.53. The lowest BCUT2D eigenvalue weighted by atomic mass is 10.1. The van der Waals surface area contributed by atoms with Crippen molar-refractivity contribution in [3.8, 4) is 0 Å². The zero-order chi connectivity index (χ0) is 15.2. The summed E-state index contributed by atoms with van der Waals surface area (Å²) in [4.78, 5) is 22.8. The molecule has 0 spiro atoms. The molecule has 21 heavy (non-hydrogen) atoms. The Hall–Kier alpha value is -1.92. The summed E-state index contributed by atoms with van der Waals surface area (Å²) in [5.74, 6) is -0.739. The minimum atomic E-state index is -1.05. The second-order valence-electron chi connectivity index (χ2n) is 5.16. The van der Waals surface area contributed by atoms with Gasteiger partial charge in [-0.2, -0.15) is 0 Å². The van der Waals surface area contributed by atoms with Gasteiger partial charge >= 0.3 is 5.97 Å². The largest absolute Gasteiger partial charge is 0.478 e. The molecule has 0 aliphatic heterocycles. The van der Waals surface area contributed by atoms with Gasteiger partial charge in [-0.05, 0) is 42.5 Å². The molecular formula is C15H19NO5. The third-order valence-corrected chi connectivity index (χ3v) is 3.12. The summed E-state index contributed by atoms with van der Waals surface area (Å²) in [6.45, 7) is 0.868. The number of anilines is 1. The standard InChI is InChI=1S/C15H19NO5/c1-20-7-11-4-12(15(18)19)6-13(5-11)16-14(17)9-21-8-10-2-3-10/h4-6,10H,2-3,7-9H2,1H3,(H,16,17)(H,18,19). The molecule has 1 aromatic carbocycles. The average molecular weight is 293 g/mol. The summed E-state index contributed by atoms with van der Waals surface area (Å²) in [5, 5.41) is 11.7. The van der Waals surface area contributed by atoms with Crippen LogP contribution in [0.4, 0.5) is 5.69 Å². The van der Waals surface area contributed by atoms with E-state index in [0.717, 1.165) is 0 Å². The highest BCUT2D eigenvalue weighted by Crippen LogP contribution is 2.28. The van der Waals surface area contributed by atoms with Crippen LogP contribution in [0.2, 0.25) is 0 Å². The van der Waals surface area contributed by atoms with E-state index in [-0.39, 0.29) is 24.7 Å². The predicted octanol–water partition coefficient (Wildman–Crippen LogP) is 1.90. The molecule has 0 radical (unpaired) electrons. The van der Waals surface area contributed by atoms with E-state index in [0.29, 0.717) is 23.8 Å². The van der Waals surface area contributed by atoms with Gasteiger partial charge in [-0.1, -0.05) is 0 Å². The van der Waals surface area contributed by atoms with E-state index in [9.17, 15) is 9.59 Å². The lowest BCUT2D eigenvalue weighted by Gasteiger charge is -2.09. The Kier molecular flexibility index (Phi) is 5.30. The molecule has 0 bridgehead atoms. The zero-order valence-electron chi connectivity index (χ0n) is 11.9. The molecule has 1 aliphatic carbocycles. The molecular weight excluding hydrogens is 274 g/mol. The lowest BCUT2D eigenvalue weighted by molar-refractivity contribution is -0.120. The number of hydrogen-bond acceptors (Lipinski definition) is 4. The number of nitrogens with one attached hydrogen (secondary N) is 1. The zero-order valence-corrected chi connectivity index (χ0v) is 11.9. The van der Waals surface area contributed by atoms with Gasteiger partial charge in [0.2, 0.25) is 5.91 Å². The number of amides is 1. The second-order valence-corrected chi connectivity index (χ2v) is 5.16. The van der Waals surface area contributed by atoms with E-state index in [1.807, 2.05) is 0 Å². The minimum Gasteiger partial charge on any atom is -0.478 e. The molecule has 0 unspecified atom stereocenters. The number of methoxy groups -OCH3 is 1. The Bertz CT molecular complexity index is 525. The van der Waals surface area contributed by atoms with E-state index in [1.54, 1.807) is 6.07 Å². The van der Waals surface area contributed by atoms with Crippen LogP contribution in [-0.4, -0.2) is 37.3 Å². The summed E-state index contributed by atoms with van der Waals surface area (Å²) < 4.78 is 10.3. The van der Waals surface area contributed by atoms with Crippen LogP contribution in [0.1, 0.15) is 28.8 Å². The predicted molar refractivity (Wildman–Crippen MR) is 76.3 cm³/mol. The van der Waals surface area contributed by atoms with Crippen LogP contribution in [0, 0.1) is 5.92 Å². The van der Waals surface area contributed by atoms with Crippen molar-refractivity contribution in [3.05, 3.63) is 29.3 Å². The Morgan fingerprint density at radius 1 is 1.33 bits per heavy atom. The Labute approximate surface area is 123 Å². The van der Waals surface area contributed by atoms with Crippen molar-refractivity contribution in [2.24, 2.45) is 5.92 Å². The molecule has 1 aromatic rings. The van der Waals surface area contributed by atoms with E-state index in [1.165, 1.54) is 32.1 Å². The maximum absolute atomic E-state index is 11.7. The molecule has 114 valence electrons. The Balaban J connectivity index is 1.95. The van der Waals surface area contributed by atoms with Crippen LogP contribution in [0.5, 0.6) is 0 Å². The molecule has 1 aliphatic rings. The first-order valence-electron chi connectivity index (χ1n) is 6.82. The van der Waals surface area contributed by atoms with Gasteiger partial charge in [0, 0.05) is 12.8 Å². The number of aromatic carboxylic acids is 1. The highest BCUT2D eigenvalue weighted by atomic mass is 16.5. The highest BCUT2D eigenvalue weighted by molar-refractivity contribution is 5.94. The van der Waals surface area contributed by atoms with Crippen molar-refractivity contribution in [2.75, 3.05) is 25.6 Å². The highest BCUT2D eigenvalue weighted by Gasteiger charge is 2.21. The van der Waals surface area contributed by atoms with Crippen LogP contribution in [0.15, 0.2) is 18.2 Å². The van der Waals surface area contributed by atoms with E-state index >= 15 is 0 Å². The first-order chi connectivity index (χ1) is 10.1. The number of carbonyl (C=O) groups is 2. The molecule has 0 aromatic heterocycles. The minimum absolute atomic E-state index is 0.0204. The summed E-state index contributed by atoms with van der Waals surface area (Å²) in [6.07, 6.45) is 2.34. The molecule has 1 amide bonds. The summed E-state index contributed by atoms with van der Waals surface area (Å²) in [6, 6.07) is 4.63. The van der Waals surface area contributed by atoms with Crippen molar-refractivity contribution in [1.82, 2.24) is 0 Å². The Morgan fingerprint density at radius 2 is 2.10 bits per heavy atom. The second kappa shape index (κ2) is 7.19. The number of carboxylic acids is 1. The van der Waals surface area contributed by atoms with Crippen molar-refractivity contribution in [2.45, 2.75) is 19.4 Å². The van der Waals surface area contributed by atoms with Gasteiger partial charge in [-0.15, -0.1) is 0 Å². The van der Waals surface area contributed by atoms with Gasteiger partial charge in [0.1, 0.15) is 6.61 Å². The molecule has 0 heterocycles. The van der Waals surface area contributed by atoms with Gasteiger partial charge in [0.05, 0.1) is 18.8 Å². The fourth-order valence-corrected chi connectivity index (χ4v) is 1.94. The molecule has 0 saturated heterocycles. The van der Waals surface area contributed by atoms with Crippen LogP contribution in [0.25, 0.3) is 0 Å². The van der Waals surface area contributed by atoms with Crippen molar-refractivity contribution in [3.63, 3.8) is 0 Å². The molecule has 1 fully saturated rings. The van der Waals surface area contributed by atoms with Crippen molar-refractivity contribution < 1.29 is 24.2 Å². The van der Waals surface area contributed by atoms with E-state index in [2.05, 4.69) is 5.32 Å².